The van der Waals surface area contributed by atoms with Crippen molar-refractivity contribution in [2.75, 3.05) is 15.4 Å². The van der Waals surface area contributed by atoms with Crippen LogP contribution in [0.3, 0.4) is 0 Å². The first kappa shape index (κ1) is 23.3. The Morgan fingerprint density at radius 2 is 1.47 bits per heavy atom. The molecule has 9 heteroatoms. The van der Waals surface area contributed by atoms with Gasteiger partial charge >= 0.3 is 0 Å². The summed E-state index contributed by atoms with van der Waals surface area (Å²) in [7, 11) is -3.76. The summed E-state index contributed by atoms with van der Waals surface area (Å²) in [6, 6.07) is 15.6. The molecule has 0 radical (unpaired) electrons. The predicted octanol–water partition coefficient (Wildman–Crippen LogP) is 4.97. The van der Waals surface area contributed by atoms with E-state index in [1.54, 1.807) is 36.4 Å². The highest BCUT2D eigenvalue weighted by Gasteiger charge is 2.16. The maximum Gasteiger partial charge on any atom is 0.261 e. The van der Waals surface area contributed by atoms with Crippen LogP contribution in [0.2, 0.25) is 5.02 Å². The van der Waals surface area contributed by atoms with E-state index in [2.05, 4.69) is 15.4 Å². The Balaban J connectivity index is 1.73. The zero-order chi connectivity index (χ0) is 23.5. The summed E-state index contributed by atoms with van der Waals surface area (Å²) in [4.78, 5) is 24.0. The molecule has 0 aliphatic carbocycles. The lowest BCUT2D eigenvalue weighted by Crippen LogP contribution is -2.15. The number of rotatable bonds is 6. The van der Waals surface area contributed by atoms with Gasteiger partial charge in [0.1, 0.15) is 0 Å². The number of hydrogen-bond acceptors (Lipinski definition) is 4. The van der Waals surface area contributed by atoms with E-state index in [0.29, 0.717) is 27.6 Å². The summed E-state index contributed by atoms with van der Waals surface area (Å²) in [6.07, 6.45) is 0. The normalized spacial score (nSPS) is 11.0. The van der Waals surface area contributed by atoms with Gasteiger partial charge in [0.15, 0.2) is 0 Å². The standard InChI is InChI=1S/C23H22ClN3O4S/c1-14-4-10-20(12-15(14)2)32(30,31)27-18-7-5-17(6-8-18)23(29)26-22-13-19(25-16(3)28)9-11-21(22)24/h4-13,27H,1-3H3,(H,25,28)(H,26,29). The molecule has 0 bridgehead atoms. The molecule has 166 valence electrons. The largest absolute Gasteiger partial charge is 0.326 e. The second kappa shape index (κ2) is 9.42. The Morgan fingerprint density at radius 1 is 0.812 bits per heavy atom. The quantitative estimate of drug-likeness (QED) is 0.472. The molecule has 3 rings (SSSR count). The average molecular weight is 472 g/mol. The van der Waals surface area contributed by atoms with E-state index in [1.165, 1.54) is 31.2 Å². The molecule has 3 N–H and O–H groups in total. The number of nitrogens with one attached hydrogen (secondary N) is 3. The number of halogens is 1. The van der Waals surface area contributed by atoms with E-state index in [4.69, 9.17) is 11.6 Å². The van der Waals surface area contributed by atoms with Crippen LogP contribution in [0, 0.1) is 13.8 Å². The molecule has 0 aromatic heterocycles. The van der Waals surface area contributed by atoms with E-state index in [0.717, 1.165) is 11.1 Å². The van der Waals surface area contributed by atoms with Crippen LogP contribution in [0.15, 0.2) is 65.6 Å². The smallest absolute Gasteiger partial charge is 0.261 e. The second-order valence-electron chi connectivity index (χ2n) is 7.26. The van der Waals surface area contributed by atoms with Gasteiger partial charge in [-0.2, -0.15) is 0 Å². The Bertz CT molecular complexity index is 1290. The maximum atomic E-state index is 12.6. The molecule has 32 heavy (non-hydrogen) atoms. The highest BCUT2D eigenvalue weighted by molar-refractivity contribution is 7.92. The fourth-order valence-corrected chi connectivity index (χ4v) is 4.19. The predicted molar refractivity (Wildman–Crippen MR) is 127 cm³/mol. The van der Waals surface area contributed by atoms with Gasteiger partial charge in [-0.1, -0.05) is 17.7 Å². The molecule has 0 unspecified atom stereocenters. The maximum absolute atomic E-state index is 12.6. The van der Waals surface area contributed by atoms with Crippen molar-refractivity contribution in [1.82, 2.24) is 0 Å². The monoisotopic (exact) mass is 471 g/mol. The van der Waals surface area contributed by atoms with Crippen molar-refractivity contribution in [3.8, 4) is 0 Å². The topological polar surface area (TPSA) is 104 Å². The zero-order valence-electron chi connectivity index (χ0n) is 17.7. The van der Waals surface area contributed by atoms with Crippen molar-refractivity contribution in [2.24, 2.45) is 0 Å². The average Bonchev–Trinajstić information content (AvgIpc) is 2.72. The van der Waals surface area contributed by atoms with E-state index in [1.807, 2.05) is 13.8 Å². The third-order valence-corrected chi connectivity index (χ3v) is 6.43. The van der Waals surface area contributed by atoms with Crippen LogP contribution < -0.4 is 15.4 Å². The van der Waals surface area contributed by atoms with Crippen LogP contribution in [0.25, 0.3) is 0 Å². The molecular weight excluding hydrogens is 450 g/mol. The van der Waals surface area contributed by atoms with Crippen molar-refractivity contribution in [3.63, 3.8) is 0 Å². The molecule has 0 fully saturated rings. The van der Waals surface area contributed by atoms with Gasteiger partial charge in [0.05, 0.1) is 15.6 Å². The number of amides is 2. The molecule has 0 spiro atoms. The minimum absolute atomic E-state index is 0.163. The number of aryl methyl sites for hydroxylation is 2. The molecule has 0 aliphatic heterocycles. The molecule has 0 saturated carbocycles. The molecule has 3 aromatic carbocycles. The molecule has 3 aromatic rings. The third-order valence-electron chi connectivity index (χ3n) is 4.72. The van der Waals surface area contributed by atoms with Crippen LogP contribution in [0.5, 0.6) is 0 Å². The van der Waals surface area contributed by atoms with Gasteiger partial charge in [-0.15, -0.1) is 0 Å². The highest BCUT2D eigenvalue weighted by atomic mass is 35.5. The van der Waals surface area contributed by atoms with Gasteiger partial charge in [-0.3, -0.25) is 14.3 Å². The summed E-state index contributed by atoms with van der Waals surface area (Å²) in [5.74, 6) is -0.682. The fourth-order valence-electron chi connectivity index (χ4n) is 2.88. The molecule has 2 amide bonds. The first-order chi connectivity index (χ1) is 15.0. The first-order valence-electron chi connectivity index (χ1n) is 9.64. The number of carbonyl (C=O) groups excluding carboxylic acids is 2. The molecule has 0 atom stereocenters. The molecule has 7 nitrogen and oxygen atoms in total. The van der Waals surface area contributed by atoms with Crippen LogP contribution in [0.1, 0.15) is 28.4 Å². The van der Waals surface area contributed by atoms with Crippen molar-refractivity contribution >= 4 is 50.5 Å². The minimum Gasteiger partial charge on any atom is -0.326 e. The van der Waals surface area contributed by atoms with Crippen molar-refractivity contribution in [2.45, 2.75) is 25.7 Å². The van der Waals surface area contributed by atoms with Gasteiger partial charge in [0.2, 0.25) is 5.91 Å². The number of anilines is 3. The number of benzene rings is 3. The number of carbonyl (C=O) groups is 2. The van der Waals surface area contributed by atoms with E-state index < -0.39 is 15.9 Å². The van der Waals surface area contributed by atoms with Crippen LogP contribution in [-0.2, 0) is 14.8 Å². The summed E-state index contributed by atoms with van der Waals surface area (Å²) in [5.41, 5.74) is 3.34. The minimum atomic E-state index is -3.76. The summed E-state index contributed by atoms with van der Waals surface area (Å²) < 4.78 is 27.8. The highest BCUT2D eigenvalue weighted by Crippen LogP contribution is 2.26. The van der Waals surface area contributed by atoms with E-state index >= 15 is 0 Å². The molecule has 0 aliphatic rings. The Labute approximate surface area is 191 Å². The Morgan fingerprint density at radius 3 is 2.09 bits per heavy atom. The molecule has 0 saturated heterocycles. The fraction of sp³-hybridized carbons (Fsp3) is 0.130. The lowest BCUT2D eigenvalue weighted by atomic mass is 10.1. The van der Waals surface area contributed by atoms with E-state index in [-0.39, 0.29) is 10.8 Å². The van der Waals surface area contributed by atoms with Gasteiger partial charge in [-0.05, 0) is 79.6 Å². The summed E-state index contributed by atoms with van der Waals surface area (Å²) >= 11 is 6.14. The summed E-state index contributed by atoms with van der Waals surface area (Å²) in [5, 5.41) is 5.62. The molecular formula is C23H22ClN3O4S. The number of sulfonamides is 1. The van der Waals surface area contributed by atoms with Crippen LogP contribution >= 0.6 is 11.6 Å². The van der Waals surface area contributed by atoms with E-state index in [9.17, 15) is 18.0 Å². The Hall–Kier alpha value is -3.36. The van der Waals surface area contributed by atoms with Gasteiger partial charge in [0, 0.05) is 23.9 Å². The zero-order valence-corrected chi connectivity index (χ0v) is 19.3. The second-order valence-corrected chi connectivity index (χ2v) is 9.35. The SMILES string of the molecule is CC(=O)Nc1ccc(Cl)c(NC(=O)c2ccc(NS(=O)(=O)c3ccc(C)c(C)c3)cc2)c1. The molecule has 0 heterocycles. The van der Waals surface area contributed by atoms with Crippen molar-refractivity contribution < 1.29 is 18.0 Å². The third kappa shape index (κ3) is 5.66. The van der Waals surface area contributed by atoms with Crippen molar-refractivity contribution in [1.29, 1.82) is 0 Å². The lowest BCUT2D eigenvalue weighted by Gasteiger charge is -2.12. The number of hydrogen-bond donors (Lipinski definition) is 3. The first-order valence-corrected chi connectivity index (χ1v) is 11.5. The van der Waals surface area contributed by atoms with Crippen LogP contribution in [0.4, 0.5) is 17.1 Å². The van der Waals surface area contributed by atoms with Crippen molar-refractivity contribution in [3.05, 3.63) is 82.4 Å². The lowest BCUT2D eigenvalue weighted by molar-refractivity contribution is -0.114. The van der Waals surface area contributed by atoms with Crippen LogP contribution in [-0.4, -0.2) is 20.2 Å². The van der Waals surface area contributed by atoms with Gasteiger partial charge < -0.3 is 10.6 Å². The van der Waals surface area contributed by atoms with Gasteiger partial charge in [-0.25, -0.2) is 8.42 Å². The Kier molecular flexibility index (Phi) is 6.86. The van der Waals surface area contributed by atoms with Gasteiger partial charge in [0.25, 0.3) is 15.9 Å². The summed E-state index contributed by atoms with van der Waals surface area (Å²) in [6.45, 7) is 5.13.